The molecule has 4 nitrogen and oxygen atoms in total. The molecule has 2 bridgehead atoms. The first kappa shape index (κ1) is 15.4. The molecule has 6 heteroatoms. The molecule has 2 fully saturated rings. The maximum absolute atomic E-state index is 5.65. The normalized spacial score (nSPS) is 34.1. The molecule has 0 radical (unpaired) electrons. The van der Waals surface area contributed by atoms with Crippen molar-refractivity contribution in [3.05, 3.63) is 0 Å². The minimum atomic E-state index is -0.160. The van der Waals surface area contributed by atoms with Crippen LogP contribution in [0.4, 0.5) is 0 Å². The summed E-state index contributed by atoms with van der Waals surface area (Å²) < 4.78 is 22.4. The van der Waals surface area contributed by atoms with Crippen molar-refractivity contribution in [1.82, 2.24) is 0 Å². The Balaban J connectivity index is 2.28. The zero-order chi connectivity index (χ0) is 13.9. The average Bonchev–Trinajstić information content (AvgIpc) is 2.44. The molecule has 2 aliphatic carbocycles. The molecule has 0 aromatic carbocycles. The number of hydrogen-bond donors (Lipinski definition) is 0. The van der Waals surface area contributed by atoms with Crippen molar-refractivity contribution in [1.29, 1.82) is 0 Å². The molecule has 3 atom stereocenters. The van der Waals surface area contributed by atoms with E-state index in [1.165, 1.54) is 25.7 Å². The first-order chi connectivity index (χ1) is 9.21. The fourth-order valence-corrected chi connectivity index (χ4v) is 4.53. The number of hydrogen-bond acceptors (Lipinski definition) is 4. The Bertz CT molecular complexity index is 284. The van der Waals surface area contributed by atoms with Gasteiger partial charge >= 0.3 is 14.2 Å². The topological polar surface area (TPSA) is 36.9 Å². The molecule has 19 heavy (non-hydrogen) atoms. The summed E-state index contributed by atoms with van der Waals surface area (Å²) in [7, 11) is 6.62. The van der Waals surface area contributed by atoms with E-state index in [0.29, 0.717) is 5.82 Å². The van der Waals surface area contributed by atoms with E-state index < -0.39 is 0 Å². The molecular formula is C13H26B2O4. The first-order valence-electron chi connectivity index (χ1n) is 7.33. The van der Waals surface area contributed by atoms with E-state index in [2.05, 4.69) is 0 Å². The second kappa shape index (κ2) is 6.61. The Hall–Kier alpha value is -0.0301. The third-order valence-electron chi connectivity index (χ3n) is 5.24. The van der Waals surface area contributed by atoms with Crippen molar-refractivity contribution in [2.24, 2.45) is 5.92 Å². The van der Waals surface area contributed by atoms with Gasteiger partial charge in [-0.2, -0.15) is 0 Å². The molecule has 0 aromatic rings. The van der Waals surface area contributed by atoms with Crippen molar-refractivity contribution in [2.45, 2.75) is 49.7 Å². The molecule has 0 saturated heterocycles. The molecule has 3 unspecified atom stereocenters. The van der Waals surface area contributed by atoms with Crippen molar-refractivity contribution < 1.29 is 18.6 Å². The predicted molar refractivity (Wildman–Crippen MR) is 77.2 cm³/mol. The molecule has 0 heterocycles. The van der Waals surface area contributed by atoms with Crippen LogP contribution in [0.15, 0.2) is 0 Å². The van der Waals surface area contributed by atoms with Crippen LogP contribution in [-0.2, 0) is 18.6 Å². The lowest BCUT2D eigenvalue weighted by Crippen LogP contribution is -2.50. The maximum Gasteiger partial charge on any atom is 0.462 e. The Morgan fingerprint density at radius 2 is 1.58 bits per heavy atom. The van der Waals surface area contributed by atoms with Gasteiger partial charge in [-0.3, -0.25) is 0 Å². The molecule has 108 valence electrons. The third-order valence-corrected chi connectivity index (χ3v) is 5.24. The fourth-order valence-electron chi connectivity index (χ4n) is 4.53. The maximum atomic E-state index is 5.65. The van der Waals surface area contributed by atoms with Crippen molar-refractivity contribution in [3.8, 4) is 0 Å². The van der Waals surface area contributed by atoms with E-state index in [4.69, 9.17) is 18.6 Å². The van der Waals surface area contributed by atoms with Crippen LogP contribution in [0.3, 0.4) is 0 Å². The summed E-state index contributed by atoms with van der Waals surface area (Å²) in [4.78, 5) is 0. The molecule has 2 saturated carbocycles. The summed E-state index contributed by atoms with van der Waals surface area (Å²) in [5, 5.41) is 0.0430. The third kappa shape index (κ3) is 2.73. The van der Waals surface area contributed by atoms with Crippen molar-refractivity contribution >= 4 is 14.2 Å². The number of rotatable bonds is 6. The van der Waals surface area contributed by atoms with E-state index in [-0.39, 0.29) is 19.6 Å². The van der Waals surface area contributed by atoms with Gasteiger partial charge in [-0.1, -0.05) is 25.7 Å². The molecule has 0 aliphatic heterocycles. The van der Waals surface area contributed by atoms with Gasteiger partial charge in [0.1, 0.15) is 0 Å². The zero-order valence-corrected chi connectivity index (χ0v) is 12.7. The molecule has 0 spiro atoms. The van der Waals surface area contributed by atoms with Gasteiger partial charge in [0.25, 0.3) is 0 Å². The lowest BCUT2D eigenvalue weighted by Gasteiger charge is -2.52. The smallest absolute Gasteiger partial charge is 0.414 e. The minimum absolute atomic E-state index is 0.0430. The largest absolute Gasteiger partial charge is 0.462 e. The molecule has 0 N–H and O–H groups in total. The van der Waals surface area contributed by atoms with E-state index in [0.717, 1.165) is 18.8 Å². The Morgan fingerprint density at radius 3 is 2.16 bits per heavy atom. The number of fused-ring (bicyclic) bond motifs is 2. The zero-order valence-electron chi connectivity index (χ0n) is 12.7. The summed E-state index contributed by atoms with van der Waals surface area (Å²) >= 11 is 0. The van der Waals surface area contributed by atoms with E-state index in [9.17, 15) is 0 Å². The fraction of sp³-hybridized carbons (Fsp3) is 1.00. The van der Waals surface area contributed by atoms with Crippen LogP contribution < -0.4 is 0 Å². The van der Waals surface area contributed by atoms with Crippen LogP contribution in [0.25, 0.3) is 0 Å². The molecule has 2 aliphatic rings. The highest BCUT2D eigenvalue weighted by molar-refractivity contribution is 6.55. The summed E-state index contributed by atoms with van der Waals surface area (Å²) in [6.45, 7) is 0. The van der Waals surface area contributed by atoms with Crippen molar-refractivity contribution in [3.63, 3.8) is 0 Å². The quantitative estimate of drug-likeness (QED) is 0.694. The van der Waals surface area contributed by atoms with Crippen LogP contribution in [0.1, 0.15) is 38.5 Å². The molecule has 2 rings (SSSR count). The highest BCUT2D eigenvalue weighted by Crippen LogP contribution is 2.63. The summed E-state index contributed by atoms with van der Waals surface area (Å²) in [6.07, 6.45) is 7.33. The summed E-state index contributed by atoms with van der Waals surface area (Å²) in [6, 6.07) is 0. The van der Waals surface area contributed by atoms with E-state index >= 15 is 0 Å². The van der Waals surface area contributed by atoms with Gasteiger partial charge in [-0.15, -0.1) is 0 Å². The molecule has 0 amide bonds. The van der Waals surface area contributed by atoms with Gasteiger partial charge in [-0.05, 0) is 24.6 Å². The van der Waals surface area contributed by atoms with Crippen LogP contribution in [0.5, 0.6) is 0 Å². The van der Waals surface area contributed by atoms with Gasteiger partial charge in [0.15, 0.2) is 0 Å². The van der Waals surface area contributed by atoms with Crippen LogP contribution >= 0.6 is 0 Å². The summed E-state index contributed by atoms with van der Waals surface area (Å²) in [5.74, 6) is 1.16. The van der Waals surface area contributed by atoms with Gasteiger partial charge in [-0.25, -0.2) is 0 Å². The monoisotopic (exact) mass is 268 g/mol. The lowest BCUT2D eigenvalue weighted by atomic mass is 9.35. The molecular weight excluding hydrogens is 242 g/mol. The van der Waals surface area contributed by atoms with Crippen LogP contribution in [-0.4, -0.2) is 42.7 Å². The highest BCUT2D eigenvalue weighted by atomic mass is 16.6. The SMILES string of the molecule is COB(OC)C1CCC2CCCC1(B(OC)OC)C2. The van der Waals surface area contributed by atoms with E-state index in [1.54, 1.807) is 28.4 Å². The predicted octanol–water partition coefficient (Wildman–Crippen LogP) is 2.64. The van der Waals surface area contributed by atoms with E-state index in [1.807, 2.05) is 0 Å². The first-order valence-corrected chi connectivity index (χ1v) is 7.33. The second-order valence-electron chi connectivity index (χ2n) is 6.02. The standard InChI is InChI=1S/C13H26B2O4/c1-16-14(17-2)12-8-7-11-6-5-9-13(12,10-11)15(18-3)19-4/h11-12H,5-10H2,1-4H3. The minimum Gasteiger partial charge on any atom is -0.414 e. The Morgan fingerprint density at radius 1 is 0.895 bits per heavy atom. The van der Waals surface area contributed by atoms with Gasteiger partial charge < -0.3 is 18.6 Å². The summed E-state index contributed by atoms with van der Waals surface area (Å²) in [5.41, 5.74) is 0. The van der Waals surface area contributed by atoms with Crippen molar-refractivity contribution in [2.75, 3.05) is 28.4 Å². The average molecular weight is 268 g/mol. The van der Waals surface area contributed by atoms with Gasteiger partial charge in [0.2, 0.25) is 0 Å². The van der Waals surface area contributed by atoms with Crippen LogP contribution in [0, 0.1) is 5.92 Å². The second-order valence-corrected chi connectivity index (χ2v) is 6.02. The Labute approximate surface area is 117 Å². The highest BCUT2D eigenvalue weighted by Gasteiger charge is 2.58. The molecule has 0 aromatic heterocycles. The van der Waals surface area contributed by atoms with Gasteiger partial charge in [0.05, 0.1) is 0 Å². The Kier molecular flexibility index (Phi) is 5.35. The van der Waals surface area contributed by atoms with Gasteiger partial charge in [0, 0.05) is 33.8 Å². The lowest BCUT2D eigenvalue weighted by molar-refractivity contribution is 0.122. The van der Waals surface area contributed by atoms with Crippen LogP contribution in [0.2, 0.25) is 11.1 Å².